The highest BCUT2D eigenvalue weighted by Gasteiger charge is 2.28. The zero-order chi connectivity index (χ0) is 19.1. The predicted octanol–water partition coefficient (Wildman–Crippen LogP) is 0.548. The van der Waals surface area contributed by atoms with Crippen LogP contribution in [0.2, 0.25) is 0 Å². The molecule has 0 spiro atoms. The Kier molecular flexibility index (Phi) is 7.91. The zero-order valence-corrected chi connectivity index (χ0v) is 16.8. The van der Waals surface area contributed by atoms with Crippen molar-refractivity contribution in [3.63, 3.8) is 0 Å². The third kappa shape index (κ3) is 6.16. The lowest BCUT2D eigenvalue weighted by atomic mass is 9.89. The van der Waals surface area contributed by atoms with Crippen LogP contribution < -0.4 is 5.32 Å². The summed E-state index contributed by atoms with van der Waals surface area (Å²) < 4.78 is 5.31. The van der Waals surface area contributed by atoms with Crippen molar-refractivity contribution in [2.75, 3.05) is 65.6 Å². The fraction of sp³-hybridized carbons (Fsp3) is 0.900. The van der Waals surface area contributed by atoms with Gasteiger partial charge in [-0.05, 0) is 25.7 Å². The van der Waals surface area contributed by atoms with E-state index in [9.17, 15) is 9.59 Å². The Morgan fingerprint density at radius 3 is 2.33 bits per heavy atom. The van der Waals surface area contributed by atoms with Gasteiger partial charge in [-0.2, -0.15) is 0 Å². The van der Waals surface area contributed by atoms with Crippen LogP contribution in [0.15, 0.2) is 0 Å². The van der Waals surface area contributed by atoms with Crippen LogP contribution >= 0.6 is 0 Å². The highest BCUT2D eigenvalue weighted by molar-refractivity contribution is 5.81. The van der Waals surface area contributed by atoms with E-state index in [1.54, 1.807) is 0 Å². The number of nitrogens with zero attached hydrogens (tertiary/aromatic N) is 3. The summed E-state index contributed by atoms with van der Waals surface area (Å²) in [6, 6.07) is -0.0920. The van der Waals surface area contributed by atoms with Gasteiger partial charge in [0.15, 0.2) is 0 Å². The standard InChI is InChI=1S/C20H36N4O3/c1-17(20(26)21-15-18-5-3-2-4-6-18)23-9-7-22(8-10-23)16-19(25)24-11-13-27-14-12-24/h17-18H,2-16H2,1H3,(H,21,26). The molecular weight excluding hydrogens is 344 g/mol. The van der Waals surface area contributed by atoms with E-state index in [1.165, 1.54) is 32.1 Å². The maximum Gasteiger partial charge on any atom is 0.237 e. The first kappa shape index (κ1) is 20.6. The van der Waals surface area contributed by atoms with Gasteiger partial charge in [0.1, 0.15) is 0 Å². The SMILES string of the molecule is CC(C(=O)NCC1CCCCC1)N1CCN(CC(=O)N2CCOCC2)CC1. The van der Waals surface area contributed by atoms with Gasteiger partial charge in [-0.15, -0.1) is 0 Å². The summed E-state index contributed by atoms with van der Waals surface area (Å²) in [5, 5.41) is 3.17. The molecule has 1 unspecified atom stereocenters. The van der Waals surface area contributed by atoms with E-state index in [1.807, 2.05) is 11.8 Å². The Labute approximate surface area is 163 Å². The fourth-order valence-electron chi connectivity index (χ4n) is 4.36. The van der Waals surface area contributed by atoms with Crippen LogP contribution in [0.5, 0.6) is 0 Å². The zero-order valence-electron chi connectivity index (χ0n) is 16.8. The van der Waals surface area contributed by atoms with Gasteiger partial charge in [0, 0.05) is 45.8 Å². The molecule has 1 atom stereocenters. The van der Waals surface area contributed by atoms with E-state index in [0.717, 1.165) is 32.7 Å². The molecular formula is C20H36N4O3. The second-order valence-corrected chi connectivity index (χ2v) is 8.23. The number of morpholine rings is 1. The van der Waals surface area contributed by atoms with Crippen molar-refractivity contribution in [1.29, 1.82) is 0 Å². The molecule has 0 aromatic heterocycles. The van der Waals surface area contributed by atoms with Gasteiger partial charge < -0.3 is 15.0 Å². The lowest BCUT2D eigenvalue weighted by Crippen LogP contribution is -2.56. The van der Waals surface area contributed by atoms with Gasteiger partial charge in [0.2, 0.25) is 11.8 Å². The van der Waals surface area contributed by atoms with E-state index >= 15 is 0 Å². The molecule has 2 aliphatic heterocycles. The molecule has 0 aromatic rings. The molecule has 3 rings (SSSR count). The smallest absolute Gasteiger partial charge is 0.237 e. The van der Waals surface area contributed by atoms with Crippen molar-refractivity contribution in [3.05, 3.63) is 0 Å². The van der Waals surface area contributed by atoms with Crippen molar-refractivity contribution in [2.24, 2.45) is 5.92 Å². The number of hydrogen-bond donors (Lipinski definition) is 1. The Morgan fingerprint density at radius 2 is 1.67 bits per heavy atom. The number of hydrogen-bond acceptors (Lipinski definition) is 5. The number of carbonyl (C=O) groups excluding carboxylic acids is 2. The summed E-state index contributed by atoms with van der Waals surface area (Å²) in [5.41, 5.74) is 0. The van der Waals surface area contributed by atoms with Crippen molar-refractivity contribution in [1.82, 2.24) is 20.0 Å². The molecule has 0 aromatic carbocycles. The molecule has 154 valence electrons. The van der Waals surface area contributed by atoms with E-state index in [4.69, 9.17) is 4.74 Å². The molecule has 3 fully saturated rings. The molecule has 7 nitrogen and oxygen atoms in total. The van der Waals surface area contributed by atoms with Crippen LogP contribution in [-0.4, -0.2) is 98.1 Å². The normalized spacial score (nSPS) is 24.6. The second-order valence-electron chi connectivity index (χ2n) is 8.23. The minimum atomic E-state index is -0.0920. The topological polar surface area (TPSA) is 65.1 Å². The van der Waals surface area contributed by atoms with Crippen molar-refractivity contribution in [2.45, 2.75) is 45.1 Å². The van der Waals surface area contributed by atoms with E-state index in [0.29, 0.717) is 38.8 Å². The van der Waals surface area contributed by atoms with Crippen LogP contribution in [0, 0.1) is 5.92 Å². The quantitative estimate of drug-likeness (QED) is 0.729. The maximum atomic E-state index is 12.5. The summed E-state index contributed by atoms with van der Waals surface area (Å²) in [6.45, 7) is 9.39. The molecule has 0 radical (unpaired) electrons. The van der Waals surface area contributed by atoms with E-state index in [-0.39, 0.29) is 17.9 Å². The van der Waals surface area contributed by atoms with Crippen LogP contribution in [0.1, 0.15) is 39.0 Å². The molecule has 1 saturated carbocycles. The second kappa shape index (κ2) is 10.4. The van der Waals surface area contributed by atoms with Gasteiger partial charge >= 0.3 is 0 Å². The van der Waals surface area contributed by atoms with Gasteiger partial charge in [-0.1, -0.05) is 19.3 Å². The van der Waals surface area contributed by atoms with Gasteiger partial charge in [-0.25, -0.2) is 0 Å². The highest BCUT2D eigenvalue weighted by Crippen LogP contribution is 2.22. The number of rotatable bonds is 6. The molecule has 1 N–H and O–H groups in total. The minimum Gasteiger partial charge on any atom is -0.378 e. The van der Waals surface area contributed by atoms with Gasteiger partial charge in [0.25, 0.3) is 0 Å². The Hall–Kier alpha value is -1.18. The summed E-state index contributed by atoms with van der Waals surface area (Å²) in [4.78, 5) is 31.2. The average molecular weight is 381 g/mol. The third-order valence-corrected chi connectivity index (χ3v) is 6.35. The van der Waals surface area contributed by atoms with Crippen LogP contribution in [0.4, 0.5) is 0 Å². The van der Waals surface area contributed by atoms with Crippen LogP contribution in [-0.2, 0) is 14.3 Å². The summed E-state index contributed by atoms with van der Waals surface area (Å²) in [7, 11) is 0. The maximum absolute atomic E-state index is 12.5. The monoisotopic (exact) mass is 380 g/mol. The van der Waals surface area contributed by atoms with Crippen LogP contribution in [0.25, 0.3) is 0 Å². The number of carbonyl (C=O) groups is 2. The molecule has 2 heterocycles. The van der Waals surface area contributed by atoms with Crippen molar-refractivity contribution >= 4 is 11.8 Å². The first-order valence-electron chi connectivity index (χ1n) is 10.7. The van der Waals surface area contributed by atoms with Gasteiger partial charge in [0.05, 0.1) is 25.8 Å². The minimum absolute atomic E-state index is 0.0920. The number of amides is 2. The number of ether oxygens (including phenoxy) is 1. The lowest BCUT2D eigenvalue weighted by Gasteiger charge is -2.38. The Bertz CT molecular complexity index is 482. The summed E-state index contributed by atoms with van der Waals surface area (Å²) in [5.74, 6) is 1.02. The first-order valence-corrected chi connectivity index (χ1v) is 10.7. The van der Waals surface area contributed by atoms with E-state index in [2.05, 4.69) is 15.1 Å². The molecule has 27 heavy (non-hydrogen) atoms. The predicted molar refractivity (Wildman–Crippen MR) is 104 cm³/mol. The molecule has 2 amide bonds. The summed E-state index contributed by atoms with van der Waals surface area (Å²) >= 11 is 0. The first-order chi connectivity index (χ1) is 13.1. The lowest BCUT2D eigenvalue weighted by molar-refractivity contribution is -0.137. The van der Waals surface area contributed by atoms with Gasteiger partial charge in [-0.3, -0.25) is 19.4 Å². The Balaban J connectivity index is 1.34. The fourth-order valence-corrected chi connectivity index (χ4v) is 4.36. The molecule has 7 heteroatoms. The van der Waals surface area contributed by atoms with Crippen molar-refractivity contribution < 1.29 is 14.3 Å². The molecule has 1 aliphatic carbocycles. The summed E-state index contributed by atoms with van der Waals surface area (Å²) in [6.07, 6.45) is 6.47. The number of nitrogens with one attached hydrogen (secondary N) is 1. The number of piperazine rings is 1. The average Bonchev–Trinajstić information content (AvgIpc) is 2.73. The largest absolute Gasteiger partial charge is 0.378 e. The third-order valence-electron chi connectivity index (χ3n) is 6.35. The highest BCUT2D eigenvalue weighted by atomic mass is 16.5. The molecule has 0 bridgehead atoms. The van der Waals surface area contributed by atoms with Crippen molar-refractivity contribution in [3.8, 4) is 0 Å². The molecule has 2 saturated heterocycles. The Morgan fingerprint density at radius 1 is 1.00 bits per heavy atom. The van der Waals surface area contributed by atoms with Crippen LogP contribution in [0.3, 0.4) is 0 Å². The van der Waals surface area contributed by atoms with E-state index < -0.39 is 0 Å². The molecule has 3 aliphatic rings.